The van der Waals surface area contributed by atoms with Gasteiger partial charge in [0.15, 0.2) is 11.5 Å². The van der Waals surface area contributed by atoms with Gasteiger partial charge in [0.2, 0.25) is 5.75 Å². The average Bonchev–Trinajstić information content (AvgIpc) is 3.09. The second-order valence-corrected chi connectivity index (χ2v) is 5.89. The van der Waals surface area contributed by atoms with Crippen molar-refractivity contribution in [3.63, 3.8) is 0 Å². The number of amides is 1. The summed E-state index contributed by atoms with van der Waals surface area (Å²) < 4.78 is 29.3. The molecule has 1 aromatic heterocycles. The number of carbonyl (C=O) groups is 1. The third-order valence-electron chi connectivity index (χ3n) is 4.34. The smallest absolute Gasteiger partial charge is 0.251 e. The lowest BCUT2D eigenvalue weighted by molar-refractivity contribution is 0.0954. The number of ether oxygens (including phenoxy) is 3. The van der Waals surface area contributed by atoms with Gasteiger partial charge in [-0.05, 0) is 36.2 Å². The lowest BCUT2D eigenvalue weighted by atomic mass is 10.1. The van der Waals surface area contributed by atoms with Crippen molar-refractivity contribution in [2.24, 2.45) is 0 Å². The van der Waals surface area contributed by atoms with E-state index in [-0.39, 0.29) is 11.7 Å². The van der Waals surface area contributed by atoms with Crippen molar-refractivity contribution in [3.8, 4) is 17.2 Å². The van der Waals surface area contributed by atoms with Crippen LogP contribution >= 0.6 is 0 Å². The van der Waals surface area contributed by atoms with Crippen LogP contribution in [0.1, 0.15) is 15.9 Å². The van der Waals surface area contributed by atoms with E-state index in [1.165, 1.54) is 24.3 Å². The molecule has 0 bridgehead atoms. The van der Waals surface area contributed by atoms with Crippen LogP contribution in [0.15, 0.2) is 36.5 Å². The summed E-state index contributed by atoms with van der Waals surface area (Å²) in [4.78, 5) is 15.3. The van der Waals surface area contributed by atoms with Crippen LogP contribution in [0, 0.1) is 5.82 Å². The number of aromatic amines is 1. The van der Waals surface area contributed by atoms with Crippen molar-refractivity contribution in [1.29, 1.82) is 0 Å². The van der Waals surface area contributed by atoms with Gasteiger partial charge in [-0.1, -0.05) is 0 Å². The van der Waals surface area contributed by atoms with Gasteiger partial charge in [0.1, 0.15) is 5.82 Å². The largest absolute Gasteiger partial charge is 0.493 e. The second kappa shape index (κ2) is 7.99. The third kappa shape index (κ3) is 3.67. The number of nitrogens with one attached hydrogen (secondary N) is 2. The molecule has 0 aliphatic rings. The van der Waals surface area contributed by atoms with Crippen LogP contribution in [0.2, 0.25) is 0 Å². The van der Waals surface area contributed by atoms with E-state index in [0.717, 1.165) is 16.5 Å². The Morgan fingerprint density at radius 1 is 1.07 bits per heavy atom. The van der Waals surface area contributed by atoms with Gasteiger partial charge < -0.3 is 24.5 Å². The molecular weight excluding hydrogens is 351 g/mol. The molecule has 0 atom stereocenters. The summed E-state index contributed by atoms with van der Waals surface area (Å²) >= 11 is 0. The molecule has 142 valence electrons. The van der Waals surface area contributed by atoms with Crippen molar-refractivity contribution in [3.05, 3.63) is 53.5 Å². The maximum absolute atomic E-state index is 13.0. The van der Waals surface area contributed by atoms with E-state index in [1.54, 1.807) is 21.3 Å². The molecule has 2 aromatic carbocycles. The zero-order chi connectivity index (χ0) is 19.4. The molecule has 0 aliphatic heterocycles. The molecule has 2 N–H and O–H groups in total. The number of H-pyrrole nitrogens is 1. The molecule has 0 unspecified atom stereocenters. The molecule has 6 nitrogen and oxygen atoms in total. The number of halogens is 1. The lowest BCUT2D eigenvalue weighted by Gasteiger charge is -2.14. The van der Waals surface area contributed by atoms with Crippen molar-refractivity contribution in [1.82, 2.24) is 10.3 Å². The molecule has 1 heterocycles. The summed E-state index contributed by atoms with van der Waals surface area (Å²) in [5, 5.41) is 3.72. The zero-order valence-electron chi connectivity index (χ0n) is 15.4. The fourth-order valence-corrected chi connectivity index (χ4v) is 3.04. The van der Waals surface area contributed by atoms with Gasteiger partial charge in [0, 0.05) is 29.8 Å². The van der Waals surface area contributed by atoms with E-state index < -0.39 is 0 Å². The molecule has 0 spiro atoms. The highest BCUT2D eigenvalue weighted by atomic mass is 19.1. The van der Waals surface area contributed by atoms with Crippen LogP contribution in [0.4, 0.5) is 4.39 Å². The Labute approximate surface area is 156 Å². The molecular formula is C20H21FN2O4. The summed E-state index contributed by atoms with van der Waals surface area (Å²) in [6.07, 6.45) is 2.45. The van der Waals surface area contributed by atoms with Crippen LogP contribution in [0.5, 0.6) is 17.2 Å². The molecule has 3 rings (SSSR count). The number of methoxy groups -OCH3 is 3. The first-order valence-electron chi connectivity index (χ1n) is 8.41. The molecule has 0 aliphatic carbocycles. The highest BCUT2D eigenvalue weighted by Gasteiger charge is 2.19. The van der Waals surface area contributed by atoms with E-state index >= 15 is 0 Å². The van der Waals surface area contributed by atoms with E-state index in [4.69, 9.17) is 14.2 Å². The average molecular weight is 372 g/mol. The number of aromatic nitrogens is 1. The normalized spacial score (nSPS) is 10.7. The van der Waals surface area contributed by atoms with Gasteiger partial charge in [0.25, 0.3) is 5.91 Å². The van der Waals surface area contributed by atoms with Gasteiger partial charge in [-0.2, -0.15) is 0 Å². The third-order valence-corrected chi connectivity index (χ3v) is 4.34. The van der Waals surface area contributed by atoms with Gasteiger partial charge in [-0.25, -0.2) is 4.39 Å². The van der Waals surface area contributed by atoms with E-state index in [9.17, 15) is 9.18 Å². The number of benzene rings is 2. The lowest BCUT2D eigenvalue weighted by Crippen LogP contribution is -2.25. The molecule has 0 saturated heterocycles. The standard InChI is InChI=1S/C20H21FN2O4/c1-25-16-10-15-17(19(27-3)18(16)26-2)13(11-23-15)8-9-22-20(24)12-4-6-14(21)7-5-12/h4-7,10-11,23H,8-9H2,1-3H3,(H,22,24). The van der Waals surface area contributed by atoms with Crippen LogP contribution in [0.25, 0.3) is 10.9 Å². The zero-order valence-corrected chi connectivity index (χ0v) is 15.4. The monoisotopic (exact) mass is 372 g/mol. The maximum Gasteiger partial charge on any atom is 0.251 e. The van der Waals surface area contributed by atoms with Gasteiger partial charge in [-0.3, -0.25) is 4.79 Å². The molecule has 27 heavy (non-hydrogen) atoms. The first-order chi connectivity index (χ1) is 13.1. The van der Waals surface area contributed by atoms with Crippen LogP contribution in [0.3, 0.4) is 0 Å². The minimum Gasteiger partial charge on any atom is -0.493 e. The molecule has 0 radical (unpaired) electrons. The van der Waals surface area contributed by atoms with Crippen LogP contribution in [-0.2, 0) is 6.42 Å². The number of carbonyl (C=O) groups excluding carboxylic acids is 1. The molecule has 0 saturated carbocycles. The summed E-state index contributed by atoms with van der Waals surface area (Å²) in [5.41, 5.74) is 2.24. The van der Waals surface area contributed by atoms with Gasteiger partial charge in [-0.15, -0.1) is 0 Å². The summed E-state index contributed by atoms with van der Waals surface area (Å²) in [6, 6.07) is 7.28. The molecule has 0 fully saturated rings. The Hall–Kier alpha value is -3.22. The predicted octanol–water partition coefficient (Wildman–Crippen LogP) is 3.31. The van der Waals surface area contributed by atoms with Gasteiger partial charge >= 0.3 is 0 Å². The van der Waals surface area contributed by atoms with Crippen molar-refractivity contribution >= 4 is 16.8 Å². The second-order valence-electron chi connectivity index (χ2n) is 5.89. The van der Waals surface area contributed by atoms with E-state index in [0.29, 0.717) is 35.8 Å². The minimum atomic E-state index is -0.373. The Bertz CT molecular complexity index is 951. The van der Waals surface area contributed by atoms with Gasteiger partial charge in [0.05, 0.1) is 26.8 Å². The minimum absolute atomic E-state index is 0.249. The van der Waals surface area contributed by atoms with Crippen molar-refractivity contribution < 1.29 is 23.4 Å². The Balaban J connectivity index is 1.79. The topological polar surface area (TPSA) is 72.6 Å². The van der Waals surface area contributed by atoms with E-state index in [1.807, 2.05) is 12.3 Å². The summed E-state index contributed by atoms with van der Waals surface area (Å²) in [6.45, 7) is 0.417. The molecule has 3 aromatic rings. The Morgan fingerprint density at radius 2 is 1.78 bits per heavy atom. The molecule has 7 heteroatoms. The number of hydrogen-bond donors (Lipinski definition) is 2. The maximum atomic E-state index is 13.0. The van der Waals surface area contributed by atoms with Crippen LogP contribution in [-0.4, -0.2) is 38.8 Å². The number of rotatable bonds is 7. The first kappa shape index (κ1) is 18.6. The highest BCUT2D eigenvalue weighted by Crippen LogP contribution is 2.44. The van der Waals surface area contributed by atoms with E-state index in [2.05, 4.69) is 10.3 Å². The Morgan fingerprint density at radius 3 is 2.41 bits per heavy atom. The predicted molar refractivity (Wildman–Crippen MR) is 100 cm³/mol. The summed E-state index contributed by atoms with van der Waals surface area (Å²) in [5.74, 6) is 1.04. The van der Waals surface area contributed by atoms with Crippen molar-refractivity contribution in [2.45, 2.75) is 6.42 Å². The first-order valence-corrected chi connectivity index (χ1v) is 8.41. The Kier molecular flexibility index (Phi) is 5.49. The number of hydrogen-bond acceptors (Lipinski definition) is 4. The van der Waals surface area contributed by atoms with Crippen molar-refractivity contribution in [2.75, 3.05) is 27.9 Å². The fraction of sp³-hybridized carbons (Fsp3) is 0.250. The highest BCUT2D eigenvalue weighted by molar-refractivity contribution is 5.95. The number of fused-ring (bicyclic) bond motifs is 1. The molecule has 1 amide bonds. The fourth-order valence-electron chi connectivity index (χ4n) is 3.04. The SMILES string of the molecule is COc1cc2[nH]cc(CCNC(=O)c3ccc(F)cc3)c2c(OC)c1OC. The summed E-state index contributed by atoms with van der Waals surface area (Å²) in [7, 11) is 4.70. The van der Waals surface area contributed by atoms with Crippen LogP contribution < -0.4 is 19.5 Å². The quantitative estimate of drug-likeness (QED) is 0.667.